The Morgan fingerprint density at radius 2 is 2.10 bits per heavy atom. The number of nitrogens with zero attached hydrogens (tertiary/aromatic N) is 1. The number of aliphatic hydroxyl groups excluding tert-OH is 1. The number of hydrogen-bond acceptors (Lipinski definition) is 4. The lowest BCUT2D eigenvalue weighted by atomic mass is 10.2. The van der Waals surface area contributed by atoms with Gasteiger partial charge >= 0.3 is 0 Å². The van der Waals surface area contributed by atoms with Gasteiger partial charge in [0.25, 0.3) is 0 Å². The minimum atomic E-state index is -3.67. The summed E-state index contributed by atoms with van der Waals surface area (Å²) in [7, 11) is -3.67. The molecule has 0 radical (unpaired) electrons. The fraction of sp³-hybridized carbons (Fsp3) is 0.214. The lowest BCUT2D eigenvalue weighted by molar-refractivity contribution is 0.281. The van der Waals surface area contributed by atoms with Crippen molar-refractivity contribution in [2.75, 3.05) is 0 Å². The van der Waals surface area contributed by atoms with E-state index < -0.39 is 10.0 Å². The monoisotopic (exact) mass is 370 g/mol. The van der Waals surface area contributed by atoms with Gasteiger partial charge in [-0.15, -0.1) is 0 Å². The number of pyridine rings is 1. The topological polar surface area (TPSA) is 79.3 Å². The summed E-state index contributed by atoms with van der Waals surface area (Å²) in [5, 5.41) is 9.12. The molecule has 2 rings (SSSR count). The molecule has 7 heteroatoms. The quantitative estimate of drug-likeness (QED) is 0.844. The molecule has 2 aromatic rings. The van der Waals surface area contributed by atoms with Gasteiger partial charge in [-0.25, -0.2) is 13.1 Å². The van der Waals surface area contributed by atoms with E-state index in [1.807, 2.05) is 13.0 Å². The zero-order valence-electron chi connectivity index (χ0n) is 11.4. The highest BCUT2D eigenvalue weighted by Crippen LogP contribution is 2.23. The van der Waals surface area contributed by atoms with E-state index in [0.29, 0.717) is 10.0 Å². The van der Waals surface area contributed by atoms with Crippen molar-refractivity contribution >= 4 is 26.0 Å². The van der Waals surface area contributed by atoms with Crippen molar-refractivity contribution in [2.24, 2.45) is 0 Å². The third kappa shape index (κ3) is 3.88. The highest BCUT2D eigenvalue weighted by Gasteiger charge is 2.18. The number of aryl methyl sites for hydroxylation is 1. The van der Waals surface area contributed by atoms with E-state index in [4.69, 9.17) is 5.11 Å². The Kier molecular flexibility index (Phi) is 5.10. The van der Waals surface area contributed by atoms with Crippen LogP contribution >= 0.6 is 15.9 Å². The third-order valence-corrected chi connectivity index (χ3v) is 5.46. The molecule has 1 aromatic heterocycles. The van der Waals surface area contributed by atoms with E-state index in [2.05, 4.69) is 25.6 Å². The zero-order chi connectivity index (χ0) is 15.5. The fourth-order valence-electron chi connectivity index (χ4n) is 1.78. The van der Waals surface area contributed by atoms with Crippen LogP contribution in [0.4, 0.5) is 0 Å². The number of hydrogen-bond donors (Lipinski definition) is 2. The molecular weight excluding hydrogens is 356 g/mol. The SMILES string of the molecule is Cc1ccncc1CNS(=O)(=O)c1cc(CO)ccc1Br. The van der Waals surface area contributed by atoms with Gasteiger partial charge in [-0.3, -0.25) is 4.98 Å². The summed E-state index contributed by atoms with van der Waals surface area (Å²) in [5.74, 6) is 0. The highest BCUT2D eigenvalue weighted by atomic mass is 79.9. The van der Waals surface area contributed by atoms with Crippen LogP contribution in [0.15, 0.2) is 46.0 Å². The Morgan fingerprint density at radius 1 is 1.33 bits per heavy atom. The van der Waals surface area contributed by atoms with Gasteiger partial charge in [0, 0.05) is 23.4 Å². The molecule has 0 fully saturated rings. The van der Waals surface area contributed by atoms with E-state index >= 15 is 0 Å². The Balaban J connectivity index is 2.25. The predicted molar refractivity (Wildman–Crippen MR) is 83.1 cm³/mol. The van der Waals surface area contributed by atoms with Crippen molar-refractivity contribution < 1.29 is 13.5 Å². The molecule has 0 unspecified atom stereocenters. The van der Waals surface area contributed by atoms with Crippen molar-refractivity contribution in [2.45, 2.75) is 25.0 Å². The van der Waals surface area contributed by atoms with Gasteiger partial charge in [-0.05, 0) is 57.7 Å². The van der Waals surface area contributed by atoms with Crippen molar-refractivity contribution in [3.8, 4) is 0 Å². The van der Waals surface area contributed by atoms with Crippen molar-refractivity contribution in [3.05, 3.63) is 57.8 Å². The van der Waals surface area contributed by atoms with Crippen molar-refractivity contribution in [3.63, 3.8) is 0 Å². The largest absolute Gasteiger partial charge is 0.392 e. The van der Waals surface area contributed by atoms with Crippen LogP contribution in [0.1, 0.15) is 16.7 Å². The molecule has 1 aromatic carbocycles. The van der Waals surface area contributed by atoms with Crippen LogP contribution in [0.5, 0.6) is 0 Å². The second kappa shape index (κ2) is 6.65. The molecule has 0 spiro atoms. The van der Waals surface area contributed by atoms with Gasteiger partial charge < -0.3 is 5.11 Å². The minimum Gasteiger partial charge on any atom is -0.392 e. The lowest BCUT2D eigenvalue weighted by Gasteiger charge is -2.11. The normalized spacial score (nSPS) is 11.6. The number of rotatable bonds is 5. The average Bonchev–Trinajstić information content (AvgIpc) is 2.47. The maximum absolute atomic E-state index is 12.4. The Labute approximate surface area is 132 Å². The van der Waals surface area contributed by atoms with Crippen LogP contribution in [-0.2, 0) is 23.2 Å². The number of aliphatic hydroxyl groups is 1. The first-order chi connectivity index (χ1) is 9.94. The summed E-state index contributed by atoms with van der Waals surface area (Å²) >= 11 is 3.22. The van der Waals surface area contributed by atoms with Crippen LogP contribution < -0.4 is 4.72 Å². The molecule has 21 heavy (non-hydrogen) atoms. The highest BCUT2D eigenvalue weighted by molar-refractivity contribution is 9.10. The smallest absolute Gasteiger partial charge is 0.242 e. The zero-order valence-corrected chi connectivity index (χ0v) is 13.8. The molecule has 0 saturated heterocycles. The molecule has 0 aliphatic carbocycles. The predicted octanol–water partition coefficient (Wildman–Crippen LogP) is 2.12. The summed E-state index contributed by atoms with van der Waals surface area (Å²) in [6.07, 6.45) is 3.30. The number of halogens is 1. The Bertz CT molecular complexity index is 748. The van der Waals surface area contributed by atoms with Gasteiger partial charge in [0.1, 0.15) is 0 Å². The van der Waals surface area contributed by atoms with E-state index in [9.17, 15) is 8.42 Å². The second-order valence-corrected chi connectivity index (χ2v) is 7.14. The first-order valence-corrected chi connectivity index (χ1v) is 8.50. The summed E-state index contributed by atoms with van der Waals surface area (Å²) in [5.41, 5.74) is 2.32. The van der Waals surface area contributed by atoms with E-state index in [0.717, 1.165) is 11.1 Å². The molecule has 0 aliphatic heterocycles. The fourth-order valence-corrected chi connectivity index (χ4v) is 3.80. The maximum atomic E-state index is 12.4. The first-order valence-electron chi connectivity index (χ1n) is 6.22. The molecule has 2 N–H and O–H groups in total. The Morgan fingerprint density at radius 3 is 2.76 bits per heavy atom. The van der Waals surface area contributed by atoms with Crippen LogP contribution in [0.2, 0.25) is 0 Å². The van der Waals surface area contributed by atoms with Crippen LogP contribution in [-0.4, -0.2) is 18.5 Å². The van der Waals surface area contributed by atoms with Crippen LogP contribution in [0.3, 0.4) is 0 Å². The summed E-state index contributed by atoms with van der Waals surface area (Å²) in [6.45, 7) is 1.85. The molecule has 0 saturated carbocycles. The molecule has 0 atom stereocenters. The summed E-state index contributed by atoms with van der Waals surface area (Å²) in [6, 6.07) is 6.54. The summed E-state index contributed by atoms with van der Waals surface area (Å²) in [4.78, 5) is 4.09. The lowest BCUT2D eigenvalue weighted by Crippen LogP contribution is -2.24. The maximum Gasteiger partial charge on any atom is 0.242 e. The molecule has 0 aliphatic rings. The summed E-state index contributed by atoms with van der Waals surface area (Å²) < 4.78 is 27.7. The van der Waals surface area contributed by atoms with E-state index in [1.54, 1.807) is 24.5 Å². The second-order valence-electron chi connectivity index (χ2n) is 4.55. The minimum absolute atomic E-state index is 0.107. The van der Waals surface area contributed by atoms with Crippen molar-refractivity contribution in [1.82, 2.24) is 9.71 Å². The number of nitrogens with one attached hydrogen (secondary N) is 1. The number of sulfonamides is 1. The van der Waals surface area contributed by atoms with Crippen LogP contribution in [0.25, 0.3) is 0 Å². The molecule has 5 nitrogen and oxygen atoms in total. The van der Waals surface area contributed by atoms with Crippen molar-refractivity contribution in [1.29, 1.82) is 0 Å². The van der Waals surface area contributed by atoms with E-state index in [-0.39, 0.29) is 18.0 Å². The van der Waals surface area contributed by atoms with Gasteiger partial charge in [0.05, 0.1) is 11.5 Å². The van der Waals surface area contributed by atoms with Crippen LogP contribution in [0, 0.1) is 6.92 Å². The first kappa shape index (κ1) is 16.1. The standard InChI is InChI=1S/C14H15BrN2O3S/c1-10-4-5-16-7-12(10)8-17-21(19,20)14-6-11(9-18)2-3-13(14)15/h2-7,17-18H,8-9H2,1H3. The number of benzene rings is 1. The molecule has 112 valence electrons. The molecular formula is C14H15BrN2O3S. The average molecular weight is 371 g/mol. The van der Waals surface area contributed by atoms with Gasteiger partial charge in [-0.2, -0.15) is 0 Å². The molecule has 0 amide bonds. The third-order valence-electron chi connectivity index (χ3n) is 3.07. The molecule has 1 heterocycles. The Hall–Kier alpha value is -1.28. The van der Waals surface area contributed by atoms with E-state index in [1.165, 1.54) is 6.07 Å². The molecule has 0 bridgehead atoms. The van der Waals surface area contributed by atoms with Gasteiger partial charge in [0.15, 0.2) is 0 Å². The van der Waals surface area contributed by atoms with Gasteiger partial charge in [0.2, 0.25) is 10.0 Å². The van der Waals surface area contributed by atoms with Gasteiger partial charge in [-0.1, -0.05) is 6.07 Å². The number of aromatic nitrogens is 1.